The molecule has 4 nitrogen and oxygen atoms in total. The molecule has 1 fully saturated rings. The van der Waals surface area contributed by atoms with Gasteiger partial charge in [-0.15, -0.1) is 0 Å². The molecule has 0 saturated carbocycles. The SMILES string of the molecule is O=C1CC[C@H](CNc2ccc(F)cn2)N1. The number of anilines is 1. The van der Waals surface area contributed by atoms with Gasteiger partial charge in [-0.1, -0.05) is 0 Å². The maximum atomic E-state index is 12.5. The minimum absolute atomic E-state index is 0.0915. The molecule has 2 N–H and O–H groups in total. The van der Waals surface area contributed by atoms with Crippen LogP contribution in [-0.2, 0) is 4.79 Å². The molecule has 0 bridgehead atoms. The standard InChI is InChI=1S/C10H12FN3O/c11-7-1-3-9(12-5-7)13-6-8-2-4-10(15)14-8/h1,3,5,8H,2,4,6H2,(H,12,13)(H,14,15)/t8-/m1/s1. The van der Waals surface area contributed by atoms with Crippen LogP contribution in [0.5, 0.6) is 0 Å². The molecule has 80 valence electrons. The van der Waals surface area contributed by atoms with E-state index in [1.807, 2.05) is 0 Å². The van der Waals surface area contributed by atoms with Crippen molar-refractivity contribution in [2.75, 3.05) is 11.9 Å². The molecule has 1 aromatic rings. The van der Waals surface area contributed by atoms with Crippen LogP contribution in [0.4, 0.5) is 10.2 Å². The van der Waals surface area contributed by atoms with E-state index in [0.29, 0.717) is 18.8 Å². The molecule has 0 spiro atoms. The summed E-state index contributed by atoms with van der Waals surface area (Å²) in [6.07, 6.45) is 2.59. The van der Waals surface area contributed by atoms with Gasteiger partial charge in [-0.2, -0.15) is 0 Å². The number of carbonyl (C=O) groups excluding carboxylic acids is 1. The van der Waals surface area contributed by atoms with Crippen molar-refractivity contribution in [2.24, 2.45) is 0 Å². The van der Waals surface area contributed by atoms with Crippen LogP contribution < -0.4 is 10.6 Å². The molecule has 5 heteroatoms. The minimum Gasteiger partial charge on any atom is -0.368 e. The lowest BCUT2D eigenvalue weighted by atomic mass is 10.2. The predicted octanol–water partition coefficient (Wildman–Crippen LogP) is 0.911. The van der Waals surface area contributed by atoms with Gasteiger partial charge in [0.25, 0.3) is 0 Å². The maximum Gasteiger partial charge on any atom is 0.220 e. The van der Waals surface area contributed by atoms with Gasteiger partial charge in [-0.25, -0.2) is 9.37 Å². The number of nitrogens with one attached hydrogen (secondary N) is 2. The van der Waals surface area contributed by atoms with Crippen molar-refractivity contribution in [1.82, 2.24) is 10.3 Å². The van der Waals surface area contributed by atoms with Gasteiger partial charge in [-0.3, -0.25) is 4.79 Å². The lowest BCUT2D eigenvalue weighted by Gasteiger charge is -2.11. The summed E-state index contributed by atoms with van der Waals surface area (Å²) in [6.45, 7) is 0.629. The van der Waals surface area contributed by atoms with Gasteiger partial charge >= 0.3 is 0 Å². The molecule has 1 saturated heterocycles. The maximum absolute atomic E-state index is 12.5. The Morgan fingerprint density at radius 2 is 2.47 bits per heavy atom. The molecule has 1 aliphatic heterocycles. The molecule has 0 aromatic carbocycles. The number of rotatable bonds is 3. The summed E-state index contributed by atoms with van der Waals surface area (Å²) in [5.74, 6) is 0.362. The molecule has 1 aromatic heterocycles. The molecule has 1 amide bonds. The highest BCUT2D eigenvalue weighted by molar-refractivity contribution is 5.78. The van der Waals surface area contributed by atoms with Crippen LogP contribution in [0.3, 0.4) is 0 Å². The number of hydrogen-bond donors (Lipinski definition) is 2. The highest BCUT2D eigenvalue weighted by Crippen LogP contribution is 2.08. The normalized spacial score (nSPS) is 20.1. The summed E-state index contributed by atoms with van der Waals surface area (Å²) in [5.41, 5.74) is 0. The topological polar surface area (TPSA) is 54.0 Å². The molecule has 0 aliphatic carbocycles. The van der Waals surface area contributed by atoms with Gasteiger partial charge in [0.1, 0.15) is 11.6 Å². The number of hydrogen-bond acceptors (Lipinski definition) is 3. The fourth-order valence-corrected chi connectivity index (χ4v) is 1.54. The van der Waals surface area contributed by atoms with Crippen LogP contribution in [0.2, 0.25) is 0 Å². The van der Waals surface area contributed by atoms with E-state index in [9.17, 15) is 9.18 Å². The Morgan fingerprint density at radius 1 is 1.60 bits per heavy atom. The van der Waals surface area contributed by atoms with Crippen molar-refractivity contribution in [3.8, 4) is 0 Å². The summed E-state index contributed by atoms with van der Waals surface area (Å²) in [5, 5.41) is 5.87. The third-order valence-electron chi connectivity index (χ3n) is 2.34. The van der Waals surface area contributed by atoms with Crippen LogP contribution in [0.15, 0.2) is 18.3 Å². The second-order valence-electron chi connectivity index (χ2n) is 3.55. The van der Waals surface area contributed by atoms with E-state index in [0.717, 1.165) is 12.6 Å². The summed E-state index contributed by atoms with van der Waals surface area (Å²) in [4.78, 5) is 14.8. The average Bonchev–Trinajstić information content (AvgIpc) is 2.64. The van der Waals surface area contributed by atoms with Gasteiger partial charge in [0.05, 0.1) is 6.20 Å². The van der Waals surface area contributed by atoms with Crippen LogP contribution in [-0.4, -0.2) is 23.5 Å². The van der Waals surface area contributed by atoms with Gasteiger partial charge in [0.2, 0.25) is 5.91 Å². The van der Waals surface area contributed by atoms with E-state index in [2.05, 4.69) is 15.6 Å². The number of halogens is 1. The Bertz CT molecular complexity index is 352. The Balaban J connectivity index is 1.83. The average molecular weight is 209 g/mol. The van der Waals surface area contributed by atoms with Crippen LogP contribution in [0.25, 0.3) is 0 Å². The van der Waals surface area contributed by atoms with Gasteiger partial charge in [-0.05, 0) is 18.6 Å². The molecule has 0 radical (unpaired) electrons. The monoisotopic (exact) mass is 209 g/mol. The highest BCUT2D eigenvalue weighted by atomic mass is 19.1. The first-order valence-corrected chi connectivity index (χ1v) is 4.89. The number of pyridine rings is 1. The van der Waals surface area contributed by atoms with Gasteiger partial charge in [0.15, 0.2) is 0 Å². The van der Waals surface area contributed by atoms with E-state index in [-0.39, 0.29) is 17.8 Å². The fourth-order valence-electron chi connectivity index (χ4n) is 1.54. The third-order valence-corrected chi connectivity index (χ3v) is 2.34. The second kappa shape index (κ2) is 4.25. The van der Waals surface area contributed by atoms with Crippen molar-refractivity contribution in [3.63, 3.8) is 0 Å². The zero-order valence-corrected chi connectivity index (χ0v) is 8.16. The largest absolute Gasteiger partial charge is 0.368 e. The number of amides is 1. The minimum atomic E-state index is -0.352. The summed E-state index contributed by atoms with van der Waals surface area (Å²) in [7, 11) is 0. The zero-order chi connectivity index (χ0) is 10.7. The molecule has 2 rings (SSSR count). The molecule has 1 atom stereocenters. The first-order chi connectivity index (χ1) is 7.24. The van der Waals surface area contributed by atoms with E-state index in [4.69, 9.17) is 0 Å². The van der Waals surface area contributed by atoms with Crippen molar-refractivity contribution < 1.29 is 9.18 Å². The molecule has 0 unspecified atom stereocenters. The lowest BCUT2D eigenvalue weighted by Crippen LogP contribution is -2.31. The van der Waals surface area contributed by atoms with Crippen molar-refractivity contribution >= 4 is 11.7 Å². The lowest BCUT2D eigenvalue weighted by molar-refractivity contribution is -0.119. The fraction of sp³-hybridized carbons (Fsp3) is 0.400. The van der Waals surface area contributed by atoms with E-state index >= 15 is 0 Å². The van der Waals surface area contributed by atoms with Gasteiger partial charge < -0.3 is 10.6 Å². The first kappa shape index (κ1) is 9.89. The molecule has 2 heterocycles. The molecule has 15 heavy (non-hydrogen) atoms. The van der Waals surface area contributed by atoms with Crippen molar-refractivity contribution in [1.29, 1.82) is 0 Å². The zero-order valence-electron chi connectivity index (χ0n) is 8.16. The van der Waals surface area contributed by atoms with E-state index in [1.165, 1.54) is 6.07 Å². The van der Waals surface area contributed by atoms with Crippen LogP contribution in [0, 0.1) is 5.82 Å². The number of aromatic nitrogens is 1. The molecular formula is C10H12FN3O. The number of nitrogens with zero attached hydrogens (tertiary/aromatic N) is 1. The van der Waals surface area contributed by atoms with Crippen molar-refractivity contribution in [2.45, 2.75) is 18.9 Å². The van der Waals surface area contributed by atoms with Crippen molar-refractivity contribution in [3.05, 3.63) is 24.1 Å². The summed E-state index contributed by atoms with van der Waals surface area (Å²) >= 11 is 0. The van der Waals surface area contributed by atoms with E-state index < -0.39 is 0 Å². The Morgan fingerprint density at radius 3 is 3.07 bits per heavy atom. The third kappa shape index (κ3) is 2.65. The Kier molecular flexibility index (Phi) is 2.80. The van der Waals surface area contributed by atoms with Crippen LogP contribution in [0.1, 0.15) is 12.8 Å². The first-order valence-electron chi connectivity index (χ1n) is 4.89. The summed E-state index contributed by atoms with van der Waals surface area (Å²) in [6, 6.07) is 3.08. The smallest absolute Gasteiger partial charge is 0.220 e. The molecule has 1 aliphatic rings. The highest BCUT2D eigenvalue weighted by Gasteiger charge is 2.19. The van der Waals surface area contributed by atoms with E-state index in [1.54, 1.807) is 6.07 Å². The number of carbonyl (C=O) groups is 1. The second-order valence-corrected chi connectivity index (χ2v) is 3.55. The van der Waals surface area contributed by atoms with Crippen LogP contribution >= 0.6 is 0 Å². The van der Waals surface area contributed by atoms with Gasteiger partial charge in [0, 0.05) is 19.0 Å². The Labute approximate surface area is 86.9 Å². The predicted molar refractivity (Wildman–Crippen MR) is 53.8 cm³/mol. The summed E-state index contributed by atoms with van der Waals surface area (Å²) < 4.78 is 12.5. The molecular weight excluding hydrogens is 197 g/mol. The Hall–Kier alpha value is -1.65. The quantitative estimate of drug-likeness (QED) is 0.778.